The molecule has 1 fully saturated rings. The Labute approximate surface area is 79.5 Å². The summed E-state index contributed by atoms with van der Waals surface area (Å²) in [7, 11) is 0. The van der Waals surface area contributed by atoms with Crippen molar-refractivity contribution in [3.8, 4) is 0 Å². The van der Waals surface area contributed by atoms with Gasteiger partial charge >= 0.3 is 6.18 Å². The quantitative estimate of drug-likeness (QED) is 0.671. The van der Waals surface area contributed by atoms with Gasteiger partial charge in [0.25, 0.3) is 0 Å². The monoisotopic (exact) mass is 202 g/mol. The fourth-order valence-corrected chi connectivity index (χ4v) is 1.28. The minimum atomic E-state index is -4.24. The van der Waals surface area contributed by atoms with Crippen molar-refractivity contribution in [2.45, 2.75) is 18.7 Å². The van der Waals surface area contributed by atoms with Crippen LogP contribution in [0.5, 0.6) is 0 Å². The third kappa shape index (κ3) is 2.26. The molecule has 0 aliphatic carbocycles. The highest BCUT2D eigenvalue weighted by atomic mass is 19.4. The minimum Gasteiger partial charge on any atom is -0.373 e. The van der Waals surface area contributed by atoms with Crippen LogP contribution in [0.4, 0.5) is 13.2 Å². The lowest BCUT2D eigenvalue weighted by atomic mass is 10.1. The first kappa shape index (κ1) is 9.52. The van der Waals surface area contributed by atoms with Crippen LogP contribution in [0.1, 0.15) is 11.1 Å². The first-order valence-corrected chi connectivity index (χ1v) is 4.33. The van der Waals surface area contributed by atoms with Crippen LogP contribution in [0.15, 0.2) is 24.3 Å². The highest BCUT2D eigenvalue weighted by molar-refractivity contribution is 5.25. The fourth-order valence-electron chi connectivity index (χ4n) is 1.28. The van der Waals surface area contributed by atoms with E-state index in [1.54, 1.807) is 0 Å². The number of halogens is 3. The molecule has 1 aliphatic rings. The molecule has 14 heavy (non-hydrogen) atoms. The number of hydrogen-bond acceptors (Lipinski definition) is 1. The molecule has 0 N–H and O–H groups in total. The minimum absolute atomic E-state index is 0.215. The van der Waals surface area contributed by atoms with Gasteiger partial charge in [0.2, 0.25) is 0 Å². The zero-order chi connectivity index (χ0) is 10.2. The summed E-state index contributed by atoms with van der Waals surface area (Å²) in [5.41, 5.74) is 0.290. The van der Waals surface area contributed by atoms with Gasteiger partial charge in [-0.1, -0.05) is 12.1 Å². The van der Waals surface area contributed by atoms with E-state index >= 15 is 0 Å². The van der Waals surface area contributed by atoms with E-state index in [0.717, 1.165) is 24.3 Å². The second kappa shape index (κ2) is 3.28. The molecule has 76 valence electrons. The van der Waals surface area contributed by atoms with Crippen molar-refractivity contribution in [1.29, 1.82) is 0 Å². The smallest absolute Gasteiger partial charge is 0.373 e. The number of benzene rings is 1. The van der Waals surface area contributed by atoms with Gasteiger partial charge < -0.3 is 4.74 Å². The molecular formula is C10H9F3O. The van der Waals surface area contributed by atoms with Gasteiger partial charge in [0, 0.05) is 6.42 Å². The van der Waals surface area contributed by atoms with Gasteiger partial charge in [-0.05, 0) is 17.7 Å². The summed E-state index contributed by atoms with van der Waals surface area (Å²) in [6.45, 7) is 0.723. The van der Waals surface area contributed by atoms with Crippen molar-refractivity contribution in [3.05, 3.63) is 35.4 Å². The molecule has 0 aromatic heterocycles. The van der Waals surface area contributed by atoms with Crippen molar-refractivity contribution >= 4 is 0 Å². The molecule has 1 aromatic carbocycles. The van der Waals surface area contributed by atoms with Crippen LogP contribution < -0.4 is 0 Å². The number of alkyl halides is 3. The maximum Gasteiger partial charge on any atom is 0.416 e. The van der Waals surface area contributed by atoms with Gasteiger partial charge in [0.1, 0.15) is 0 Å². The largest absolute Gasteiger partial charge is 0.416 e. The molecule has 0 radical (unpaired) electrons. The molecule has 0 saturated carbocycles. The lowest BCUT2D eigenvalue weighted by Crippen LogP contribution is -2.04. The summed E-state index contributed by atoms with van der Waals surface area (Å²) in [5.74, 6) is 0. The predicted octanol–water partition coefficient (Wildman–Crippen LogP) is 2.65. The van der Waals surface area contributed by atoms with Gasteiger partial charge in [0.15, 0.2) is 0 Å². The number of rotatable bonds is 2. The topological polar surface area (TPSA) is 12.5 Å². The SMILES string of the molecule is FC(F)(F)c1ccc(CC2CO2)cc1. The van der Waals surface area contributed by atoms with E-state index in [-0.39, 0.29) is 6.10 Å². The summed E-state index contributed by atoms with van der Waals surface area (Å²) in [5, 5.41) is 0. The Hall–Kier alpha value is -1.03. The summed E-state index contributed by atoms with van der Waals surface area (Å²) in [6.07, 6.45) is -3.32. The van der Waals surface area contributed by atoms with Crippen molar-refractivity contribution < 1.29 is 17.9 Å². The van der Waals surface area contributed by atoms with E-state index in [9.17, 15) is 13.2 Å². The predicted molar refractivity (Wildman–Crippen MR) is 44.9 cm³/mol. The molecule has 1 atom stereocenters. The third-order valence-corrected chi connectivity index (χ3v) is 2.15. The standard InChI is InChI=1S/C10H9F3O/c11-10(12,13)8-3-1-7(2-4-8)5-9-6-14-9/h1-4,9H,5-6H2. The Kier molecular flexibility index (Phi) is 2.23. The lowest BCUT2D eigenvalue weighted by Gasteiger charge is -2.06. The Morgan fingerprint density at radius 2 is 1.79 bits per heavy atom. The molecule has 0 amide bonds. The summed E-state index contributed by atoms with van der Waals surface area (Å²) >= 11 is 0. The van der Waals surface area contributed by atoms with Crippen molar-refractivity contribution in [1.82, 2.24) is 0 Å². The molecule has 2 rings (SSSR count). The average Bonchev–Trinajstić information content (AvgIpc) is 2.88. The van der Waals surface area contributed by atoms with Crippen LogP contribution >= 0.6 is 0 Å². The Bertz CT molecular complexity index is 311. The highest BCUT2D eigenvalue weighted by Gasteiger charge is 2.30. The van der Waals surface area contributed by atoms with Crippen molar-refractivity contribution in [2.24, 2.45) is 0 Å². The van der Waals surface area contributed by atoms with Gasteiger partial charge in [-0.25, -0.2) is 0 Å². The second-order valence-electron chi connectivity index (χ2n) is 3.35. The summed E-state index contributed by atoms with van der Waals surface area (Å²) < 4.78 is 41.5. The van der Waals surface area contributed by atoms with E-state index in [4.69, 9.17) is 4.74 Å². The molecule has 1 aromatic rings. The molecule has 1 nitrogen and oxygen atoms in total. The summed E-state index contributed by atoms with van der Waals surface area (Å²) in [4.78, 5) is 0. The molecule has 1 heterocycles. The zero-order valence-electron chi connectivity index (χ0n) is 7.34. The average molecular weight is 202 g/mol. The van der Waals surface area contributed by atoms with Crippen LogP contribution in [-0.4, -0.2) is 12.7 Å². The van der Waals surface area contributed by atoms with E-state index < -0.39 is 11.7 Å². The maximum atomic E-state index is 12.2. The van der Waals surface area contributed by atoms with Crippen molar-refractivity contribution in [3.63, 3.8) is 0 Å². The molecule has 1 saturated heterocycles. The van der Waals surface area contributed by atoms with E-state index in [1.165, 1.54) is 12.1 Å². The maximum absolute atomic E-state index is 12.2. The molecule has 0 spiro atoms. The van der Waals surface area contributed by atoms with E-state index in [1.807, 2.05) is 0 Å². The molecule has 1 aliphatic heterocycles. The number of hydrogen-bond donors (Lipinski definition) is 0. The Morgan fingerprint density at radius 1 is 1.21 bits per heavy atom. The first-order valence-electron chi connectivity index (χ1n) is 4.33. The Balaban J connectivity index is 2.08. The van der Waals surface area contributed by atoms with E-state index in [0.29, 0.717) is 6.42 Å². The van der Waals surface area contributed by atoms with Crippen molar-refractivity contribution in [2.75, 3.05) is 6.61 Å². The van der Waals surface area contributed by atoms with Gasteiger partial charge in [-0.15, -0.1) is 0 Å². The fraction of sp³-hybridized carbons (Fsp3) is 0.400. The van der Waals surface area contributed by atoms with Gasteiger partial charge in [-0.3, -0.25) is 0 Å². The summed E-state index contributed by atoms with van der Waals surface area (Å²) in [6, 6.07) is 5.23. The van der Waals surface area contributed by atoms with Crippen LogP contribution in [0.2, 0.25) is 0 Å². The van der Waals surface area contributed by atoms with E-state index in [2.05, 4.69) is 0 Å². The van der Waals surface area contributed by atoms with Gasteiger partial charge in [0.05, 0.1) is 18.3 Å². The van der Waals surface area contributed by atoms with Crippen LogP contribution in [0, 0.1) is 0 Å². The van der Waals surface area contributed by atoms with Crippen LogP contribution in [0.3, 0.4) is 0 Å². The lowest BCUT2D eigenvalue weighted by molar-refractivity contribution is -0.137. The van der Waals surface area contributed by atoms with Crippen LogP contribution in [0.25, 0.3) is 0 Å². The first-order chi connectivity index (χ1) is 6.55. The number of epoxide rings is 1. The number of ether oxygens (including phenoxy) is 1. The normalized spacial score (nSPS) is 20.9. The molecule has 0 bridgehead atoms. The highest BCUT2D eigenvalue weighted by Crippen LogP contribution is 2.29. The third-order valence-electron chi connectivity index (χ3n) is 2.15. The van der Waals surface area contributed by atoms with Crippen LogP contribution in [-0.2, 0) is 17.3 Å². The Morgan fingerprint density at radius 3 is 2.21 bits per heavy atom. The molecule has 4 heteroatoms. The molecule has 1 unspecified atom stereocenters. The van der Waals surface area contributed by atoms with Gasteiger partial charge in [-0.2, -0.15) is 13.2 Å². The second-order valence-corrected chi connectivity index (χ2v) is 3.35. The zero-order valence-corrected chi connectivity index (χ0v) is 7.34. The molecular weight excluding hydrogens is 193 g/mol.